The van der Waals surface area contributed by atoms with E-state index < -0.39 is 45.7 Å². The second kappa shape index (κ2) is 9.34. The van der Waals surface area contributed by atoms with E-state index in [2.05, 4.69) is 9.97 Å². The number of aromatic hydroxyl groups is 4. The minimum Gasteiger partial charge on any atom is -0.507 e. The molecule has 0 radical (unpaired) electrons. The second-order valence-electron chi connectivity index (χ2n) is 6.37. The van der Waals surface area contributed by atoms with Crippen molar-refractivity contribution in [2.24, 2.45) is 0 Å². The molecule has 8 N–H and O–H groups in total. The predicted molar refractivity (Wildman–Crippen MR) is 110 cm³/mol. The first kappa shape index (κ1) is 24.8. The molecular weight excluding hydrogens is 484 g/mol. The molecule has 0 bridgehead atoms. The van der Waals surface area contributed by atoms with Gasteiger partial charge in [0.15, 0.2) is 22.9 Å². The first-order chi connectivity index (χ1) is 15.0. The summed E-state index contributed by atoms with van der Waals surface area (Å²) >= 11 is 0. The number of pyridine rings is 2. The van der Waals surface area contributed by atoms with Gasteiger partial charge in [0.2, 0.25) is 10.9 Å². The van der Waals surface area contributed by atoms with E-state index in [1.807, 2.05) is 0 Å². The Hall–Kier alpha value is -4.48. The molecule has 4 aromatic rings. The number of benzene rings is 2. The van der Waals surface area contributed by atoms with E-state index in [1.54, 1.807) is 0 Å². The Kier molecular flexibility index (Phi) is 7.02. The quantitative estimate of drug-likeness (QED) is 0.185. The number of aromatic carboxylic acids is 2. The molecule has 0 spiro atoms. The van der Waals surface area contributed by atoms with Gasteiger partial charge in [0.25, 0.3) is 0 Å². The standard InChI is InChI=1S/2C10H7NO5.Fe/c2*12-5-3-1-2-4-6(5)8(13)9(14)7(11-4)10(15)16;/h2*1-3,12,14H,(H,11,13)(H,15,16);. The van der Waals surface area contributed by atoms with Gasteiger partial charge in [-0.05, 0) is 24.3 Å². The average Bonchev–Trinajstić information content (AvgIpc) is 2.73. The van der Waals surface area contributed by atoms with Gasteiger partial charge in [0, 0.05) is 17.1 Å². The fourth-order valence-electron chi connectivity index (χ4n) is 2.93. The number of phenolic OH excluding ortho intramolecular Hbond substituents is 2. The summed E-state index contributed by atoms with van der Waals surface area (Å²) in [4.78, 5) is 49.3. The molecule has 2 aromatic carbocycles. The van der Waals surface area contributed by atoms with Crippen LogP contribution in [0.15, 0.2) is 46.0 Å². The zero-order chi connectivity index (χ0) is 23.7. The average molecular weight is 498 g/mol. The van der Waals surface area contributed by atoms with Gasteiger partial charge in [-0.1, -0.05) is 12.1 Å². The van der Waals surface area contributed by atoms with E-state index >= 15 is 0 Å². The zero-order valence-corrected chi connectivity index (χ0v) is 17.2. The van der Waals surface area contributed by atoms with E-state index in [0.717, 1.165) is 0 Å². The Morgan fingerprint density at radius 1 is 0.636 bits per heavy atom. The molecule has 2 aromatic heterocycles. The van der Waals surface area contributed by atoms with Crippen molar-refractivity contribution in [2.75, 3.05) is 0 Å². The van der Waals surface area contributed by atoms with Gasteiger partial charge < -0.3 is 40.6 Å². The molecule has 33 heavy (non-hydrogen) atoms. The number of carbonyl (C=O) groups is 2. The fraction of sp³-hybridized carbons (Fsp3) is 0. The van der Waals surface area contributed by atoms with E-state index in [4.69, 9.17) is 10.2 Å². The molecule has 2 heterocycles. The van der Waals surface area contributed by atoms with Crippen LogP contribution in [0, 0.1) is 0 Å². The summed E-state index contributed by atoms with van der Waals surface area (Å²) in [5.74, 6) is -5.35. The van der Waals surface area contributed by atoms with Crippen LogP contribution in [-0.4, -0.2) is 52.5 Å². The molecule has 0 atom stereocenters. The van der Waals surface area contributed by atoms with Crippen LogP contribution >= 0.6 is 0 Å². The summed E-state index contributed by atoms with van der Waals surface area (Å²) in [5.41, 5.74) is -2.71. The van der Waals surface area contributed by atoms with Crippen molar-refractivity contribution in [3.8, 4) is 23.0 Å². The maximum absolute atomic E-state index is 11.6. The van der Waals surface area contributed by atoms with E-state index in [9.17, 15) is 39.6 Å². The van der Waals surface area contributed by atoms with E-state index in [1.165, 1.54) is 36.4 Å². The second-order valence-corrected chi connectivity index (χ2v) is 6.37. The largest absolute Gasteiger partial charge is 0.507 e. The number of H-pyrrole nitrogens is 2. The smallest absolute Gasteiger partial charge is 0.356 e. The fourth-order valence-corrected chi connectivity index (χ4v) is 2.93. The number of phenols is 2. The molecule has 4 rings (SSSR count). The third kappa shape index (κ3) is 4.44. The molecule has 13 heteroatoms. The van der Waals surface area contributed by atoms with Gasteiger partial charge in [0.05, 0.1) is 21.8 Å². The van der Waals surface area contributed by atoms with Crippen molar-refractivity contribution in [1.82, 2.24) is 9.97 Å². The first-order valence-corrected chi connectivity index (χ1v) is 8.65. The minimum atomic E-state index is -1.44. The number of hydrogen-bond acceptors (Lipinski definition) is 8. The number of rotatable bonds is 2. The molecule has 0 aliphatic rings. The molecule has 0 saturated carbocycles. The molecule has 0 aliphatic carbocycles. The number of carboxylic acids is 2. The molecule has 0 fully saturated rings. The minimum absolute atomic E-state index is 0. The van der Waals surface area contributed by atoms with E-state index in [0.29, 0.717) is 0 Å². The number of aromatic amines is 2. The number of fused-ring (bicyclic) bond motifs is 2. The molecule has 0 unspecified atom stereocenters. The number of nitrogens with one attached hydrogen (secondary N) is 2. The Balaban J connectivity index is 0.000000227. The molecular formula is C20H14FeN2O10. The third-order valence-electron chi connectivity index (χ3n) is 4.39. The van der Waals surface area contributed by atoms with Gasteiger partial charge in [-0.2, -0.15) is 0 Å². The Labute approximate surface area is 192 Å². The number of hydrogen-bond donors (Lipinski definition) is 8. The van der Waals surface area contributed by atoms with Crippen LogP contribution < -0.4 is 10.9 Å². The zero-order valence-electron chi connectivity index (χ0n) is 16.1. The SMILES string of the molecule is O=C(O)c1[nH]c2cccc(O)c2c(=O)c1O.O=C(O)c1[nH]c2cccc(O)c2c(=O)c1O.[Fe]. The molecule has 0 aliphatic heterocycles. The molecule has 0 saturated heterocycles. The predicted octanol–water partition coefficient (Wildman–Crippen LogP) is 1.27. The summed E-state index contributed by atoms with van der Waals surface area (Å²) in [6.45, 7) is 0. The third-order valence-corrected chi connectivity index (χ3v) is 4.39. The maximum atomic E-state index is 11.6. The normalized spacial score (nSPS) is 10.2. The van der Waals surface area contributed by atoms with Crippen molar-refractivity contribution in [3.05, 3.63) is 68.2 Å². The van der Waals surface area contributed by atoms with Crippen molar-refractivity contribution in [1.29, 1.82) is 0 Å². The van der Waals surface area contributed by atoms with E-state index in [-0.39, 0.29) is 50.4 Å². The number of carboxylic acid groups (broad SMARTS) is 2. The van der Waals surface area contributed by atoms with Gasteiger partial charge in [-0.15, -0.1) is 0 Å². The van der Waals surface area contributed by atoms with Gasteiger partial charge in [-0.3, -0.25) is 9.59 Å². The Bertz CT molecular complexity index is 1410. The van der Waals surface area contributed by atoms with Crippen molar-refractivity contribution < 1.29 is 57.3 Å². The Morgan fingerprint density at radius 2 is 0.970 bits per heavy atom. The molecule has 0 amide bonds. The first-order valence-electron chi connectivity index (χ1n) is 8.65. The monoisotopic (exact) mass is 498 g/mol. The van der Waals surface area contributed by atoms with Crippen LogP contribution in [0.1, 0.15) is 21.0 Å². The van der Waals surface area contributed by atoms with Gasteiger partial charge >= 0.3 is 11.9 Å². The van der Waals surface area contributed by atoms with Crippen molar-refractivity contribution >= 4 is 33.7 Å². The topological polar surface area (TPSA) is 221 Å². The van der Waals surface area contributed by atoms with Gasteiger partial charge in [-0.25, -0.2) is 9.59 Å². The van der Waals surface area contributed by atoms with Gasteiger partial charge in [0.1, 0.15) is 11.5 Å². The van der Waals surface area contributed by atoms with Crippen LogP contribution in [0.5, 0.6) is 23.0 Å². The van der Waals surface area contributed by atoms with Crippen LogP contribution in [-0.2, 0) is 17.1 Å². The summed E-state index contributed by atoms with van der Waals surface area (Å²) < 4.78 is 0. The summed E-state index contributed by atoms with van der Waals surface area (Å²) in [5, 5.41) is 54.7. The van der Waals surface area contributed by atoms with Crippen LogP contribution in [0.3, 0.4) is 0 Å². The molecule has 172 valence electrons. The van der Waals surface area contributed by atoms with Crippen LogP contribution in [0.2, 0.25) is 0 Å². The van der Waals surface area contributed by atoms with Crippen LogP contribution in [0.4, 0.5) is 0 Å². The summed E-state index contributed by atoms with van der Waals surface area (Å²) in [7, 11) is 0. The summed E-state index contributed by atoms with van der Waals surface area (Å²) in [6, 6.07) is 8.33. The van der Waals surface area contributed by atoms with Crippen LogP contribution in [0.25, 0.3) is 21.8 Å². The van der Waals surface area contributed by atoms with Crippen molar-refractivity contribution in [2.45, 2.75) is 0 Å². The summed E-state index contributed by atoms with van der Waals surface area (Å²) in [6.07, 6.45) is 0. The Morgan fingerprint density at radius 3 is 1.27 bits per heavy atom. The maximum Gasteiger partial charge on any atom is 0.356 e. The number of aromatic nitrogens is 2. The van der Waals surface area contributed by atoms with Crippen molar-refractivity contribution in [3.63, 3.8) is 0 Å². The molecule has 12 nitrogen and oxygen atoms in total.